The third-order valence-corrected chi connectivity index (χ3v) is 3.92. The van der Waals surface area contributed by atoms with Crippen LogP contribution >= 0.6 is 0 Å². The van der Waals surface area contributed by atoms with Crippen LogP contribution in [0.25, 0.3) is 10.8 Å². The smallest absolute Gasteiger partial charge is 0.308 e. The number of aliphatic carboxylic acids is 1. The van der Waals surface area contributed by atoms with Crippen molar-refractivity contribution in [2.45, 2.75) is 19.8 Å². The number of nitrogens with zero attached hydrogens (tertiary/aromatic N) is 3. The van der Waals surface area contributed by atoms with Crippen molar-refractivity contribution in [2.75, 3.05) is 18.0 Å². The molecular formula is C15H17N3O2. The molecule has 5 heteroatoms. The summed E-state index contributed by atoms with van der Waals surface area (Å²) in [5, 5.41) is 19.8. The maximum Gasteiger partial charge on any atom is 0.308 e. The van der Waals surface area contributed by atoms with Crippen molar-refractivity contribution in [1.29, 1.82) is 0 Å². The van der Waals surface area contributed by atoms with E-state index >= 15 is 0 Å². The molecule has 1 aromatic heterocycles. The van der Waals surface area contributed by atoms with Crippen LogP contribution in [0.2, 0.25) is 0 Å². The molecule has 0 bridgehead atoms. The Labute approximate surface area is 117 Å². The zero-order chi connectivity index (χ0) is 14.1. The number of fused-ring (bicyclic) bond motifs is 1. The van der Waals surface area contributed by atoms with Gasteiger partial charge in [-0.3, -0.25) is 4.79 Å². The number of aromatic nitrogens is 2. The van der Waals surface area contributed by atoms with Gasteiger partial charge in [0, 0.05) is 23.9 Å². The van der Waals surface area contributed by atoms with Crippen molar-refractivity contribution in [3.8, 4) is 0 Å². The molecule has 1 fully saturated rings. The Kier molecular flexibility index (Phi) is 3.26. The Balaban J connectivity index is 2.02. The number of carboxylic acid groups (broad SMARTS) is 1. The first kappa shape index (κ1) is 12.8. The highest BCUT2D eigenvalue weighted by molar-refractivity contribution is 5.93. The van der Waals surface area contributed by atoms with E-state index in [4.69, 9.17) is 0 Å². The minimum atomic E-state index is -0.723. The molecule has 0 saturated carbocycles. The molecule has 1 saturated heterocycles. The van der Waals surface area contributed by atoms with Gasteiger partial charge in [-0.25, -0.2) is 0 Å². The van der Waals surface area contributed by atoms with Crippen molar-refractivity contribution >= 4 is 22.6 Å². The fourth-order valence-corrected chi connectivity index (χ4v) is 2.83. The number of aryl methyl sites for hydroxylation is 1. The predicted molar refractivity (Wildman–Crippen MR) is 76.8 cm³/mol. The summed E-state index contributed by atoms with van der Waals surface area (Å²) in [6.07, 6.45) is 1.61. The second-order valence-electron chi connectivity index (χ2n) is 5.28. The lowest BCUT2D eigenvalue weighted by Crippen LogP contribution is -2.39. The second kappa shape index (κ2) is 5.07. The zero-order valence-electron chi connectivity index (χ0n) is 11.4. The topological polar surface area (TPSA) is 66.3 Å². The van der Waals surface area contributed by atoms with E-state index in [2.05, 4.69) is 15.1 Å². The maximum atomic E-state index is 11.2. The lowest BCUT2D eigenvalue weighted by Gasteiger charge is -2.32. The van der Waals surface area contributed by atoms with Crippen molar-refractivity contribution in [3.05, 3.63) is 30.0 Å². The van der Waals surface area contributed by atoms with Crippen LogP contribution in [0.3, 0.4) is 0 Å². The minimum Gasteiger partial charge on any atom is -0.481 e. The number of hydrogen-bond acceptors (Lipinski definition) is 4. The molecule has 0 spiro atoms. The Morgan fingerprint density at radius 2 is 2.05 bits per heavy atom. The number of hydrogen-bond donors (Lipinski definition) is 1. The molecular weight excluding hydrogens is 254 g/mol. The van der Waals surface area contributed by atoms with Gasteiger partial charge in [0.05, 0.1) is 11.6 Å². The van der Waals surface area contributed by atoms with Gasteiger partial charge in [0.1, 0.15) is 0 Å². The summed E-state index contributed by atoms with van der Waals surface area (Å²) in [5.74, 6) is -0.234. The van der Waals surface area contributed by atoms with Gasteiger partial charge in [-0.05, 0) is 19.8 Å². The first-order chi connectivity index (χ1) is 9.66. The molecule has 0 amide bonds. The van der Waals surface area contributed by atoms with Crippen LogP contribution < -0.4 is 4.90 Å². The molecule has 5 nitrogen and oxygen atoms in total. The van der Waals surface area contributed by atoms with Crippen LogP contribution in [-0.4, -0.2) is 34.4 Å². The third-order valence-electron chi connectivity index (χ3n) is 3.92. The number of carboxylic acids is 1. The molecule has 1 atom stereocenters. The number of benzene rings is 1. The molecule has 104 valence electrons. The summed E-state index contributed by atoms with van der Waals surface area (Å²) in [6, 6.07) is 8.01. The fraction of sp³-hybridized carbons (Fsp3) is 0.400. The van der Waals surface area contributed by atoms with Crippen LogP contribution in [0.15, 0.2) is 24.3 Å². The average molecular weight is 271 g/mol. The van der Waals surface area contributed by atoms with Crippen LogP contribution in [0.5, 0.6) is 0 Å². The largest absolute Gasteiger partial charge is 0.481 e. The standard InChI is InChI=1S/C15H17N3O2/c1-10-12-6-2-3-7-13(12)14(17-16-10)18-8-4-5-11(9-18)15(19)20/h2-3,6-7,11H,4-5,8-9H2,1H3,(H,19,20). The molecule has 0 radical (unpaired) electrons. The van der Waals surface area contributed by atoms with E-state index in [0.29, 0.717) is 6.54 Å². The molecule has 0 aliphatic carbocycles. The van der Waals surface area contributed by atoms with Gasteiger partial charge in [-0.1, -0.05) is 24.3 Å². The summed E-state index contributed by atoms with van der Waals surface area (Å²) in [6.45, 7) is 3.29. The zero-order valence-corrected chi connectivity index (χ0v) is 11.4. The van der Waals surface area contributed by atoms with Gasteiger partial charge in [0.15, 0.2) is 5.82 Å². The molecule has 1 unspecified atom stereocenters. The predicted octanol–water partition coefficient (Wildman–Crippen LogP) is 2.24. The van der Waals surface area contributed by atoms with Gasteiger partial charge in [-0.2, -0.15) is 5.10 Å². The number of anilines is 1. The SMILES string of the molecule is Cc1nnc(N2CCCC(C(=O)O)C2)c2ccccc12. The number of carbonyl (C=O) groups is 1. The Morgan fingerprint density at radius 3 is 2.80 bits per heavy atom. The molecule has 1 aliphatic heterocycles. The van der Waals surface area contributed by atoms with E-state index in [-0.39, 0.29) is 5.92 Å². The summed E-state index contributed by atoms with van der Waals surface area (Å²) in [7, 11) is 0. The molecule has 2 aromatic rings. The Hall–Kier alpha value is -2.17. The highest BCUT2D eigenvalue weighted by atomic mass is 16.4. The molecule has 3 rings (SSSR count). The number of piperidine rings is 1. The Bertz CT molecular complexity index is 657. The van der Waals surface area contributed by atoms with Crippen molar-refractivity contribution < 1.29 is 9.90 Å². The molecule has 20 heavy (non-hydrogen) atoms. The minimum absolute atomic E-state index is 0.314. The highest BCUT2D eigenvalue weighted by Crippen LogP contribution is 2.28. The molecule has 1 aliphatic rings. The fourth-order valence-electron chi connectivity index (χ4n) is 2.83. The summed E-state index contributed by atoms with van der Waals surface area (Å²) in [4.78, 5) is 13.2. The summed E-state index contributed by atoms with van der Waals surface area (Å²) in [5.41, 5.74) is 0.899. The van der Waals surface area contributed by atoms with Crippen molar-refractivity contribution in [2.24, 2.45) is 5.92 Å². The quantitative estimate of drug-likeness (QED) is 0.907. The summed E-state index contributed by atoms with van der Waals surface area (Å²) >= 11 is 0. The van der Waals surface area contributed by atoms with Gasteiger partial charge >= 0.3 is 5.97 Å². The molecule has 2 heterocycles. The van der Waals surface area contributed by atoms with Gasteiger partial charge in [-0.15, -0.1) is 5.10 Å². The number of rotatable bonds is 2. The van der Waals surface area contributed by atoms with Crippen LogP contribution in [-0.2, 0) is 4.79 Å². The van der Waals surface area contributed by atoms with Gasteiger partial charge in [0.25, 0.3) is 0 Å². The lowest BCUT2D eigenvalue weighted by atomic mass is 9.98. The first-order valence-electron chi connectivity index (χ1n) is 6.86. The Morgan fingerprint density at radius 1 is 1.30 bits per heavy atom. The van der Waals surface area contributed by atoms with Crippen molar-refractivity contribution in [1.82, 2.24) is 10.2 Å². The van der Waals surface area contributed by atoms with E-state index in [1.807, 2.05) is 31.2 Å². The molecule has 1 N–H and O–H groups in total. The van der Waals surface area contributed by atoms with E-state index < -0.39 is 5.97 Å². The summed E-state index contributed by atoms with van der Waals surface area (Å²) < 4.78 is 0. The van der Waals surface area contributed by atoms with E-state index in [0.717, 1.165) is 41.7 Å². The maximum absolute atomic E-state index is 11.2. The van der Waals surface area contributed by atoms with E-state index in [9.17, 15) is 9.90 Å². The average Bonchev–Trinajstić information content (AvgIpc) is 2.48. The first-order valence-corrected chi connectivity index (χ1v) is 6.86. The van der Waals surface area contributed by atoms with E-state index in [1.165, 1.54) is 0 Å². The van der Waals surface area contributed by atoms with E-state index in [1.54, 1.807) is 0 Å². The third kappa shape index (κ3) is 2.19. The van der Waals surface area contributed by atoms with Crippen molar-refractivity contribution in [3.63, 3.8) is 0 Å². The van der Waals surface area contributed by atoms with Crippen LogP contribution in [0.4, 0.5) is 5.82 Å². The normalized spacial score (nSPS) is 19.2. The monoisotopic (exact) mass is 271 g/mol. The van der Waals surface area contributed by atoms with Crippen LogP contribution in [0, 0.1) is 12.8 Å². The van der Waals surface area contributed by atoms with Gasteiger partial charge in [0.2, 0.25) is 0 Å². The van der Waals surface area contributed by atoms with Gasteiger partial charge < -0.3 is 10.0 Å². The molecule has 1 aromatic carbocycles. The van der Waals surface area contributed by atoms with Crippen LogP contribution in [0.1, 0.15) is 18.5 Å². The second-order valence-corrected chi connectivity index (χ2v) is 5.28. The highest BCUT2D eigenvalue weighted by Gasteiger charge is 2.27. The lowest BCUT2D eigenvalue weighted by molar-refractivity contribution is -0.141.